The van der Waals surface area contributed by atoms with Gasteiger partial charge in [-0.05, 0) is 49.3 Å². The quantitative estimate of drug-likeness (QED) is 0.0453. The fraction of sp³-hybridized carbons (Fsp3) is 0.528. The minimum atomic E-state index is -1.49. The molecule has 0 bridgehead atoms. The second-order valence-corrected chi connectivity index (χ2v) is 20.6. The normalized spacial score (nSPS) is 16.9. The van der Waals surface area contributed by atoms with Crippen LogP contribution in [0.3, 0.4) is 0 Å². The highest BCUT2D eigenvalue weighted by atomic mass is 32.1. The van der Waals surface area contributed by atoms with Crippen LogP contribution in [0, 0.1) is 29.6 Å². The number of carbonyl (C=O) groups is 4. The Labute approximate surface area is 439 Å². The fourth-order valence-corrected chi connectivity index (χ4v) is 9.18. The van der Waals surface area contributed by atoms with Gasteiger partial charge < -0.3 is 49.6 Å². The van der Waals surface area contributed by atoms with Crippen molar-refractivity contribution in [2.24, 2.45) is 11.3 Å². The van der Waals surface area contributed by atoms with Gasteiger partial charge in [0.25, 0.3) is 5.91 Å². The van der Waals surface area contributed by atoms with Crippen LogP contribution in [0.25, 0.3) is 27.3 Å². The topological polar surface area (TPSA) is 254 Å². The standard InChI is InChI=1S/C53H67FN10O10S/c1-33-48(75-32-60-33)37-8-6-35(7-9-37)25-58-51(68)46-22-40(65)30-63(46)52(69)43(53(3,4)5)21-41(66)31-73-17-16-71-13-12-70-14-15-72-18-19-74-34(2)44(54)29-59-50(67)42-28-56-47(23-45(42)62-39-10-11-39)64-49-38(27-61-64)20-36(24-55)26-57-49/h6-9,20,23,26-28,32,34,39-40,43-44,46,65H,10-19,21-22,25,29-31H2,1-5H3,(H,56,62)(H,58,68)(H,59,67)/t34?,40-,43-,44?,46?/m1/s1. The zero-order valence-electron chi connectivity index (χ0n) is 43.1. The van der Waals surface area contributed by atoms with Gasteiger partial charge in [-0.15, -0.1) is 11.3 Å². The number of nitrogens with one attached hydrogen (secondary N) is 3. The molecular weight excluding hydrogens is 988 g/mol. The average Bonchev–Trinajstić information content (AvgIpc) is 3.72. The third-order valence-corrected chi connectivity index (χ3v) is 13.8. The number of ether oxygens (including phenoxy) is 5. The highest BCUT2D eigenvalue weighted by Crippen LogP contribution is 2.34. The molecule has 4 aromatic heterocycles. The molecule has 20 nitrogen and oxygen atoms in total. The van der Waals surface area contributed by atoms with Crippen LogP contribution in [-0.4, -0.2) is 161 Å². The molecule has 1 saturated heterocycles. The number of thiazole rings is 1. The SMILES string of the molecule is Cc1ncsc1-c1ccc(CNC(=O)C2C[C@@H](O)CN2C(=O)[C@@H](CC(=O)COCCOCCOCCOCCOC(C)C(F)CNC(=O)c2cnc(-n3ncc4cc(C#N)cnc43)cc2NC2CC2)C(C)(C)C)cc1. The number of alkyl halides is 1. The first-order chi connectivity index (χ1) is 36.1. The number of amides is 3. The first-order valence-corrected chi connectivity index (χ1v) is 26.1. The van der Waals surface area contributed by atoms with Crippen LogP contribution in [0.15, 0.2) is 60.5 Å². The van der Waals surface area contributed by atoms with E-state index in [1.807, 2.05) is 52.0 Å². The number of aryl methyl sites for hydroxylation is 1. The van der Waals surface area contributed by atoms with Gasteiger partial charge in [-0.2, -0.15) is 15.0 Å². The molecule has 2 fully saturated rings. The molecule has 5 aromatic rings. The van der Waals surface area contributed by atoms with Crippen molar-refractivity contribution < 1.29 is 52.4 Å². The molecule has 7 rings (SSSR count). The number of hydrogen-bond donors (Lipinski definition) is 4. The second kappa shape index (κ2) is 26.9. The van der Waals surface area contributed by atoms with Gasteiger partial charge in [0.15, 0.2) is 17.2 Å². The summed E-state index contributed by atoms with van der Waals surface area (Å²) in [7, 11) is 0. The molecule has 5 atom stereocenters. The molecule has 2 aliphatic rings. The lowest BCUT2D eigenvalue weighted by molar-refractivity contribution is -0.146. The number of hydrogen-bond acceptors (Lipinski definition) is 17. The summed E-state index contributed by atoms with van der Waals surface area (Å²) in [5.74, 6) is -1.78. The minimum absolute atomic E-state index is 0.00431. The zero-order chi connectivity index (χ0) is 53.5. The highest BCUT2D eigenvalue weighted by molar-refractivity contribution is 7.13. The van der Waals surface area contributed by atoms with E-state index in [-0.39, 0.29) is 108 Å². The number of nitrogens with zero attached hydrogens (tertiary/aromatic N) is 7. The van der Waals surface area contributed by atoms with Crippen molar-refractivity contribution in [3.05, 3.63) is 82.9 Å². The Morgan fingerprint density at radius 2 is 1.61 bits per heavy atom. The number of benzene rings is 1. The van der Waals surface area contributed by atoms with Crippen LogP contribution in [0.2, 0.25) is 0 Å². The number of ketones is 1. The maximum absolute atomic E-state index is 15.1. The molecule has 1 aliphatic heterocycles. The molecule has 4 N–H and O–H groups in total. The number of β-amino-alcohol motifs (C(OH)–C–C–N with tert-alkyl or cyclic N) is 1. The van der Waals surface area contributed by atoms with Crippen LogP contribution < -0.4 is 16.0 Å². The third kappa shape index (κ3) is 16.1. The molecule has 1 saturated carbocycles. The first kappa shape index (κ1) is 56.4. The lowest BCUT2D eigenvalue weighted by Crippen LogP contribution is -2.50. The van der Waals surface area contributed by atoms with E-state index in [9.17, 15) is 29.5 Å². The Bertz CT molecular complexity index is 2760. The summed E-state index contributed by atoms with van der Waals surface area (Å²) in [6.07, 6.45) is 3.26. The largest absolute Gasteiger partial charge is 0.391 e. The van der Waals surface area contributed by atoms with Crippen LogP contribution in [0.4, 0.5) is 10.1 Å². The number of likely N-dealkylation sites (tertiary alicyclic amines) is 1. The summed E-state index contributed by atoms with van der Waals surface area (Å²) in [6.45, 7) is 10.8. The molecule has 22 heteroatoms. The van der Waals surface area contributed by atoms with Crippen molar-refractivity contribution >= 4 is 51.6 Å². The lowest BCUT2D eigenvalue weighted by atomic mass is 9.77. The zero-order valence-corrected chi connectivity index (χ0v) is 43.9. The molecule has 1 aliphatic carbocycles. The predicted octanol–water partition coefficient (Wildman–Crippen LogP) is 5.13. The Hall–Kier alpha value is -6.32. The van der Waals surface area contributed by atoms with E-state index in [4.69, 9.17) is 23.7 Å². The molecule has 0 spiro atoms. The smallest absolute Gasteiger partial charge is 0.255 e. The van der Waals surface area contributed by atoms with E-state index in [1.165, 1.54) is 22.0 Å². The van der Waals surface area contributed by atoms with Gasteiger partial charge in [-0.1, -0.05) is 45.0 Å². The molecule has 5 heterocycles. The lowest BCUT2D eigenvalue weighted by Gasteiger charge is -2.34. The van der Waals surface area contributed by atoms with Gasteiger partial charge in [0.05, 0.1) is 111 Å². The van der Waals surface area contributed by atoms with Crippen molar-refractivity contribution in [1.29, 1.82) is 5.26 Å². The maximum Gasteiger partial charge on any atom is 0.255 e. The molecule has 1 aromatic carbocycles. The van der Waals surface area contributed by atoms with Crippen LogP contribution in [0.1, 0.15) is 80.6 Å². The number of pyridine rings is 2. The summed E-state index contributed by atoms with van der Waals surface area (Å²) >= 11 is 1.57. The summed E-state index contributed by atoms with van der Waals surface area (Å²) in [6, 6.07) is 12.7. The number of nitriles is 1. The molecule has 3 unspecified atom stereocenters. The Morgan fingerprint density at radius 3 is 2.27 bits per heavy atom. The number of halogens is 1. The molecular formula is C53H67FN10O10S. The highest BCUT2D eigenvalue weighted by Gasteiger charge is 2.44. The van der Waals surface area contributed by atoms with Crippen LogP contribution in [-0.2, 0) is 44.6 Å². The van der Waals surface area contributed by atoms with Crippen molar-refractivity contribution in [1.82, 2.24) is 40.3 Å². The summed E-state index contributed by atoms with van der Waals surface area (Å²) in [5.41, 5.74) is 5.82. The monoisotopic (exact) mass is 1050 g/mol. The number of aromatic nitrogens is 5. The molecule has 402 valence electrons. The number of aliphatic hydroxyl groups excluding tert-OH is 1. The summed E-state index contributed by atoms with van der Waals surface area (Å²) < 4.78 is 44.4. The average molecular weight is 1060 g/mol. The molecule has 75 heavy (non-hydrogen) atoms. The van der Waals surface area contributed by atoms with Gasteiger partial charge >= 0.3 is 0 Å². The van der Waals surface area contributed by atoms with Crippen LogP contribution >= 0.6 is 11.3 Å². The summed E-state index contributed by atoms with van der Waals surface area (Å²) in [5, 5.41) is 33.8. The first-order valence-electron chi connectivity index (χ1n) is 25.2. The number of Topliss-reactive ketones (excluding diaryl/α,β-unsaturated/α-hetero) is 1. The number of anilines is 1. The van der Waals surface area contributed by atoms with Crippen molar-refractivity contribution in [3.63, 3.8) is 0 Å². The Kier molecular flexibility index (Phi) is 20.3. The number of carbonyl (C=O) groups excluding carboxylic acids is 4. The Morgan fingerprint density at radius 1 is 0.920 bits per heavy atom. The van der Waals surface area contributed by atoms with Crippen molar-refractivity contribution in [3.8, 4) is 22.3 Å². The van der Waals surface area contributed by atoms with E-state index in [0.717, 1.165) is 34.5 Å². The second-order valence-electron chi connectivity index (χ2n) is 19.7. The van der Waals surface area contributed by atoms with E-state index >= 15 is 4.39 Å². The van der Waals surface area contributed by atoms with E-state index in [1.54, 1.807) is 42.1 Å². The predicted molar refractivity (Wildman–Crippen MR) is 277 cm³/mol. The maximum atomic E-state index is 15.1. The number of fused-ring (bicyclic) bond motifs is 1. The van der Waals surface area contributed by atoms with Crippen molar-refractivity contribution in [2.45, 2.75) is 97.3 Å². The van der Waals surface area contributed by atoms with E-state index in [2.05, 4.69) is 42.1 Å². The minimum Gasteiger partial charge on any atom is -0.391 e. The van der Waals surface area contributed by atoms with Gasteiger partial charge in [-0.25, -0.2) is 19.3 Å². The molecule has 0 radical (unpaired) electrons. The molecule has 3 amide bonds. The fourth-order valence-electron chi connectivity index (χ4n) is 8.37. The third-order valence-electron chi connectivity index (χ3n) is 12.8. The van der Waals surface area contributed by atoms with Gasteiger partial charge in [0.2, 0.25) is 11.8 Å². The summed E-state index contributed by atoms with van der Waals surface area (Å²) in [4.78, 5) is 69.3. The van der Waals surface area contributed by atoms with Gasteiger partial charge in [0, 0.05) is 61.7 Å². The van der Waals surface area contributed by atoms with E-state index < -0.39 is 41.7 Å². The van der Waals surface area contributed by atoms with Crippen LogP contribution in [0.5, 0.6) is 0 Å². The van der Waals surface area contributed by atoms with Gasteiger partial charge in [0.1, 0.15) is 24.9 Å². The van der Waals surface area contributed by atoms with Crippen molar-refractivity contribution in [2.75, 3.05) is 77.9 Å². The number of aliphatic hydroxyl groups is 1. The number of rotatable bonds is 29. The Balaban J connectivity index is 0.714. The van der Waals surface area contributed by atoms with Gasteiger partial charge in [-0.3, -0.25) is 19.2 Å². The van der Waals surface area contributed by atoms with E-state index in [0.29, 0.717) is 41.3 Å².